The summed E-state index contributed by atoms with van der Waals surface area (Å²) in [5, 5.41) is 0. The summed E-state index contributed by atoms with van der Waals surface area (Å²) in [7, 11) is 0. The largest absolute Gasteiger partial charge is 0.240 e. The van der Waals surface area contributed by atoms with Crippen LogP contribution in [0.2, 0.25) is 0 Å². The monoisotopic (exact) mass is 264 g/mol. The van der Waals surface area contributed by atoms with Crippen LogP contribution in [-0.4, -0.2) is 12.2 Å². The van der Waals surface area contributed by atoms with E-state index in [1.807, 2.05) is 36.4 Å². The standard InChI is InChI=1S/C16H12N2O2/c19-11-17-15-5-1-3-13(9-15)7-8-14-4-2-6-16(10-14)18-12-20/h1-6,9-10H,7-8H2. The summed E-state index contributed by atoms with van der Waals surface area (Å²) in [5.41, 5.74) is 3.39. The molecule has 0 saturated heterocycles. The number of carbonyl (C=O) groups excluding carboxylic acids is 2. The van der Waals surface area contributed by atoms with Crippen molar-refractivity contribution < 1.29 is 9.59 Å². The number of isocyanates is 2. The molecule has 4 heteroatoms. The highest BCUT2D eigenvalue weighted by Gasteiger charge is 1.99. The Morgan fingerprint density at radius 2 is 1.20 bits per heavy atom. The molecule has 0 aliphatic rings. The maximum absolute atomic E-state index is 10.2. The van der Waals surface area contributed by atoms with Gasteiger partial charge in [-0.2, -0.15) is 9.98 Å². The van der Waals surface area contributed by atoms with Gasteiger partial charge in [-0.3, -0.25) is 0 Å². The van der Waals surface area contributed by atoms with E-state index in [4.69, 9.17) is 0 Å². The molecule has 0 unspecified atom stereocenters. The quantitative estimate of drug-likeness (QED) is 0.613. The van der Waals surface area contributed by atoms with Gasteiger partial charge in [0.15, 0.2) is 0 Å². The molecule has 0 aliphatic heterocycles. The summed E-state index contributed by atoms with van der Waals surface area (Å²) in [5.74, 6) is 0. The van der Waals surface area contributed by atoms with Crippen molar-refractivity contribution in [2.75, 3.05) is 0 Å². The Bertz CT molecular complexity index is 636. The number of hydrogen-bond donors (Lipinski definition) is 0. The van der Waals surface area contributed by atoms with E-state index in [1.165, 1.54) is 12.2 Å². The topological polar surface area (TPSA) is 58.9 Å². The number of hydrogen-bond acceptors (Lipinski definition) is 4. The van der Waals surface area contributed by atoms with Gasteiger partial charge < -0.3 is 0 Å². The summed E-state index contributed by atoms with van der Waals surface area (Å²) in [6.45, 7) is 0. The van der Waals surface area contributed by atoms with E-state index in [0.717, 1.165) is 24.0 Å². The minimum absolute atomic E-state index is 0.608. The zero-order valence-corrected chi connectivity index (χ0v) is 10.7. The normalized spacial score (nSPS) is 9.40. The van der Waals surface area contributed by atoms with E-state index >= 15 is 0 Å². The number of rotatable bonds is 5. The SMILES string of the molecule is O=C=Nc1cccc(CCc2cccc(N=C=O)c2)c1. The molecule has 0 aromatic heterocycles. The average molecular weight is 264 g/mol. The first-order chi connectivity index (χ1) is 9.81. The first kappa shape index (κ1) is 13.6. The lowest BCUT2D eigenvalue weighted by atomic mass is 10.0. The second-order valence-corrected chi connectivity index (χ2v) is 4.25. The fraction of sp³-hybridized carbons (Fsp3) is 0.125. The minimum Gasteiger partial charge on any atom is -0.211 e. The van der Waals surface area contributed by atoms with Crippen LogP contribution in [-0.2, 0) is 22.4 Å². The summed E-state index contributed by atoms with van der Waals surface area (Å²) in [6, 6.07) is 14.9. The molecular formula is C16H12N2O2. The molecule has 0 amide bonds. The molecule has 2 aromatic rings. The van der Waals surface area contributed by atoms with E-state index in [1.54, 1.807) is 12.1 Å². The van der Waals surface area contributed by atoms with Crippen molar-refractivity contribution in [1.82, 2.24) is 0 Å². The molecule has 0 spiro atoms. The molecule has 0 fully saturated rings. The predicted octanol–water partition coefficient (Wildman–Crippen LogP) is 3.41. The van der Waals surface area contributed by atoms with Crippen molar-refractivity contribution >= 4 is 23.5 Å². The van der Waals surface area contributed by atoms with Gasteiger partial charge >= 0.3 is 0 Å². The highest BCUT2D eigenvalue weighted by atomic mass is 16.1. The first-order valence-corrected chi connectivity index (χ1v) is 6.15. The van der Waals surface area contributed by atoms with E-state index in [9.17, 15) is 9.59 Å². The van der Waals surface area contributed by atoms with Crippen molar-refractivity contribution in [3.8, 4) is 0 Å². The summed E-state index contributed by atoms with van der Waals surface area (Å²) in [4.78, 5) is 27.7. The molecule has 2 aromatic carbocycles. The Balaban J connectivity index is 2.08. The van der Waals surface area contributed by atoms with Gasteiger partial charge in [-0.05, 0) is 48.2 Å². The second-order valence-electron chi connectivity index (χ2n) is 4.25. The van der Waals surface area contributed by atoms with Gasteiger partial charge in [0.05, 0.1) is 11.4 Å². The van der Waals surface area contributed by atoms with E-state index in [-0.39, 0.29) is 0 Å². The lowest BCUT2D eigenvalue weighted by molar-refractivity contribution is 0.564. The van der Waals surface area contributed by atoms with Crippen LogP contribution < -0.4 is 0 Å². The lowest BCUT2D eigenvalue weighted by Crippen LogP contribution is -1.90. The Labute approximate surface area is 116 Å². The number of aliphatic imine (C=N–C) groups is 2. The predicted molar refractivity (Wildman–Crippen MR) is 75.9 cm³/mol. The van der Waals surface area contributed by atoms with Crippen LogP contribution in [0.1, 0.15) is 11.1 Å². The summed E-state index contributed by atoms with van der Waals surface area (Å²) in [6.07, 6.45) is 4.70. The smallest absolute Gasteiger partial charge is 0.211 e. The van der Waals surface area contributed by atoms with Crippen molar-refractivity contribution in [2.45, 2.75) is 12.8 Å². The molecule has 2 rings (SSSR count). The Morgan fingerprint density at radius 3 is 1.60 bits per heavy atom. The van der Waals surface area contributed by atoms with Crippen molar-refractivity contribution in [3.63, 3.8) is 0 Å². The highest BCUT2D eigenvalue weighted by Crippen LogP contribution is 2.17. The third kappa shape index (κ3) is 3.85. The van der Waals surface area contributed by atoms with Gasteiger partial charge in [0.2, 0.25) is 12.2 Å². The molecular weight excluding hydrogens is 252 g/mol. The maximum atomic E-state index is 10.2. The van der Waals surface area contributed by atoms with Gasteiger partial charge in [0.1, 0.15) is 0 Å². The van der Waals surface area contributed by atoms with Crippen LogP contribution in [0.4, 0.5) is 11.4 Å². The molecule has 0 bridgehead atoms. The molecule has 20 heavy (non-hydrogen) atoms. The number of aryl methyl sites for hydroxylation is 2. The summed E-state index contributed by atoms with van der Waals surface area (Å²) < 4.78 is 0. The number of nitrogens with zero attached hydrogens (tertiary/aromatic N) is 2. The van der Waals surface area contributed by atoms with Crippen LogP contribution >= 0.6 is 0 Å². The fourth-order valence-electron chi connectivity index (χ4n) is 1.96. The zero-order valence-electron chi connectivity index (χ0n) is 10.7. The highest BCUT2D eigenvalue weighted by molar-refractivity contribution is 5.51. The first-order valence-electron chi connectivity index (χ1n) is 6.15. The second kappa shape index (κ2) is 6.95. The molecule has 0 atom stereocenters. The van der Waals surface area contributed by atoms with Crippen molar-refractivity contribution in [3.05, 3.63) is 59.7 Å². The van der Waals surface area contributed by atoms with Gasteiger partial charge in [0, 0.05) is 0 Å². The fourth-order valence-corrected chi connectivity index (χ4v) is 1.96. The van der Waals surface area contributed by atoms with E-state index < -0.39 is 0 Å². The van der Waals surface area contributed by atoms with Gasteiger partial charge in [0.25, 0.3) is 0 Å². The lowest BCUT2D eigenvalue weighted by Gasteiger charge is -2.03. The average Bonchev–Trinajstić information content (AvgIpc) is 2.47. The van der Waals surface area contributed by atoms with Crippen molar-refractivity contribution in [2.24, 2.45) is 9.98 Å². The Kier molecular flexibility index (Phi) is 4.74. The van der Waals surface area contributed by atoms with Gasteiger partial charge in [-0.1, -0.05) is 24.3 Å². The minimum atomic E-state index is 0.608. The maximum Gasteiger partial charge on any atom is 0.240 e. The third-order valence-electron chi connectivity index (χ3n) is 2.87. The van der Waals surface area contributed by atoms with E-state index in [2.05, 4.69) is 9.98 Å². The van der Waals surface area contributed by atoms with E-state index in [0.29, 0.717) is 11.4 Å². The molecule has 0 radical (unpaired) electrons. The van der Waals surface area contributed by atoms with Crippen LogP contribution in [0.5, 0.6) is 0 Å². The van der Waals surface area contributed by atoms with Crippen LogP contribution in [0, 0.1) is 0 Å². The molecule has 0 heterocycles. The molecule has 0 N–H and O–H groups in total. The van der Waals surface area contributed by atoms with Crippen LogP contribution in [0.3, 0.4) is 0 Å². The molecule has 0 aliphatic carbocycles. The van der Waals surface area contributed by atoms with Crippen LogP contribution in [0.25, 0.3) is 0 Å². The Morgan fingerprint density at radius 1 is 0.750 bits per heavy atom. The molecule has 4 nitrogen and oxygen atoms in total. The van der Waals surface area contributed by atoms with Gasteiger partial charge in [-0.25, -0.2) is 9.59 Å². The number of benzene rings is 2. The Hall–Kier alpha value is -2.80. The summed E-state index contributed by atoms with van der Waals surface area (Å²) >= 11 is 0. The van der Waals surface area contributed by atoms with Gasteiger partial charge in [-0.15, -0.1) is 0 Å². The van der Waals surface area contributed by atoms with Crippen LogP contribution in [0.15, 0.2) is 58.5 Å². The zero-order chi connectivity index (χ0) is 14.2. The molecule has 0 saturated carbocycles. The van der Waals surface area contributed by atoms with Crippen molar-refractivity contribution in [1.29, 1.82) is 0 Å². The molecule has 98 valence electrons. The third-order valence-corrected chi connectivity index (χ3v) is 2.87.